The number of nitrogens with one attached hydrogen (secondary N) is 1. The van der Waals surface area contributed by atoms with Crippen LogP contribution >= 0.6 is 0 Å². The molecule has 1 saturated heterocycles. The lowest BCUT2D eigenvalue weighted by Crippen LogP contribution is -2.33. The Balaban J connectivity index is 2.34. The monoisotopic (exact) mass is 253 g/mol. The summed E-state index contributed by atoms with van der Waals surface area (Å²) in [5.74, 6) is 0.894. The number of likely N-dealkylation sites (N-methyl/N-ethyl adjacent to an activating group) is 1. The molecule has 0 spiro atoms. The summed E-state index contributed by atoms with van der Waals surface area (Å²) >= 11 is 0. The topological polar surface area (TPSA) is 30.5 Å². The molecule has 3 unspecified atom stereocenters. The van der Waals surface area contributed by atoms with Gasteiger partial charge in [0.2, 0.25) is 0 Å². The Bertz CT molecular complexity index is 411. The molecule has 0 bridgehead atoms. The maximum atomic E-state index is 13.4. The fourth-order valence-corrected chi connectivity index (χ4v) is 2.59. The van der Waals surface area contributed by atoms with E-state index in [1.165, 1.54) is 12.1 Å². The first-order valence-electron chi connectivity index (χ1n) is 6.29. The van der Waals surface area contributed by atoms with E-state index < -0.39 is 0 Å². The molecule has 1 aromatic carbocycles. The molecule has 4 heteroatoms. The van der Waals surface area contributed by atoms with Crippen LogP contribution in [0.5, 0.6) is 5.75 Å². The molecule has 0 aliphatic carbocycles. The maximum Gasteiger partial charge on any atom is 0.123 e. The molecule has 1 aliphatic heterocycles. The standard InChI is InChI=1S/C14H20FNO2/c1-9-6-7-18-14(9)13(16-2)11-8-10(15)4-5-12(11)17-3/h4-5,8-9,13-14,16H,6-7H2,1-3H3. The second-order valence-corrected chi connectivity index (χ2v) is 4.75. The Hall–Kier alpha value is -1.13. The highest BCUT2D eigenvalue weighted by molar-refractivity contribution is 5.37. The van der Waals surface area contributed by atoms with E-state index in [1.54, 1.807) is 13.2 Å². The number of methoxy groups -OCH3 is 1. The third-order valence-corrected chi connectivity index (χ3v) is 3.61. The molecule has 1 N–H and O–H groups in total. The molecule has 3 nitrogen and oxygen atoms in total. The summed E-state index contributed by atoms with van der Waals surface area (Å²) < 4.78 is 24.5. The summed E-state index contributed by atoms with van der Waals surface area (Å²) in [6, 6.07) is 4.55. The number of ether oxygens (including phenoxy) is 2. The lowest BCUT2D eigenvalue weighted by Gasteiger charge is -2.27. The quantitative estimate of drug-likeness (QED) is 0.894. The van der Waals surface area contributed by atoms with E-state index in [1.807, 2.05) is 7.05 Å². The molecule has 0 saturated carbocycles. The first-order valence-corrected chi connectivity index (χ1v) is 6.29. The van der Waals surface area contributed by atoms with Crippen LogP contribution in [0.3, 0.4) is 0 Å². The Labute approximate surface area is 107 Å². The molecular formula is C14H20FNO2. The third kappa shape index (κ3) is 2.49. The van der Waals surface area contributed by atoms with Gasteiger partial charge in [0.25, 0.3) is 0 Å². The first-order chi connectivity index (χ1) is 8.67. The van der Waals surface area contributed by atoms with Crippen molar-refractivity contribution in [2.24, 2.45) is 5.92 Å². The zero-order chi connectivity index (χ0) is 13.1. The van der Waals surface area contributed by atoms with Crippen molar-refractivity contribution in [2.45, 2.75) is 25.5 Å². The second kappa shape index (κ2) is 5.67. The van der Waals surface area contributed by atoms with E-state index in [-0.39, 0.29) is 18.0 Å². The zero-order valence-corrected chi connectivity index (χ0v) is 11.1. The van der Waals surface area contributed by atoms with Crippen LogP contribution in [0.15, 0.2) is 18.2 Å². The maximum absolute atomic E-state index is 13.4. The van der Waals surface area contributed by atoms with E-state index in [9.17, 15) is 4.39 Å². The zero-order valence-electron chi connectivity index (χ0n) is 11.1. The highest BCUT2D eigenvalue weighted by Crippen LogP contribution is 2.35. The van der Waals surface area contributed by atoms with Crippen LogP contribution in [0.2, 0.25) is 0 Å². The van der Waals surface area contributed by atoms with Crippen LogP contribution in [-0.4, -0.2) is 26.9 Å². The van der Waals surface area contributed by atoms with Crippen LogP contribution in [0.4, 0.5) is 4.39 Å². The Morgan fingerprint density at radius 1 is 1.50 bits per heavy atom. The van der Waals surface area contributed by atoms with Crippen molar-refractivity contribution in [3.05, 3.63) is 29.6 Å². The predicted molar refractivity (Wildman–Crippen MR) is 68.3 cm³/mol. The van der Waals surface area contributed by atoms with Gasteiger partial charge in [-0.15, -0.1) is 0 Å². The van der Waals surface area contributed by atoms with Crippen LogP contribution in [0, 0.1) is 11.7 Å². The number of halogens is 1. The summed E-state index contributed by atoms with van der Waals surface area (Å²) in [7, 11) is 3.46. The summed E-state index contributed by atoms with van der Waals surface area (Å²) in [5.41, 5.74) is 0.818. The van der Waals surface area contributed by atoms with Crippen LogP contribution in [0.25, 0.3) is 0 Å². The Morgan fingerprint density at radius 3 is 2.83 bits per heavy atom. The summed E-state index contributed by atoms with van der Waals surface area (Å²) in [4.78, 5) is 0. The van der Waals surface area contributed by atoms with Gasteiger partial charge in [-0.2, -0.15) is 0 Å². The molecule has 0 radical (unpaired) electrons. The van der Waals surface area contributed by atoms with E-state index in [2.05, 4.69) is 12.2 Å². The highest BCUT2D eigenvalue weighted by atomic mass is 19.1. The molecule has 1 aromatic rings. The summed E-state index contributed by atoms with van der Waals surface area (Å²) in [6.45, 7) is 2.93. The number of benzene rings is 1. The van der Waals surface area contributed by atoms with Crippen molar-refractivity contribution in [2.75, 3.05) is 20.8 Å². The predicted octanol–water partition coefficient (Wildman–Crippen LogP) is 2.52. The van der Waals surface area contributed by atoms with Gasteiger partial charge in [-0.3, -0.25) is 0 Å². The van der Waals surface area contributed by atoms with Gasteiger partial charge in [0.15, 0.2) is 0 Å². The minimum absolute atomic E-state index is 0.0480. The van der Waals surface area contributed by atoms with Crippen molar-refractivity contribution >= 4 is 0 Å². The molecule has 18 heavy (non-hydrogen) atoms. The first kappa shape index (κ1) is 13.3. The normalized spacial score (nSPS) is 25.1. The molecule has 1 heterocycles. The van der Waals surface area contributed by atoms with Gasteiger partial charge in [-0.25, -0.2) is 4.39 Å². The Kier molecular flexibility index (Phi) is 4.19. The van der Waals surface area contributed by atoms with Crippen molar-refractivity contribution in [3.63, 3.8) is 0 Å². The van der Waals surface area contributed by atoms with E-state index in [0.29, 0.717) is 11.7 Å². The van der Waals surface area contributed by atoms with Crippen molar-refractivity contribution in [1.29, 1.82) is 0 Å². The lowest BCUT2D eigenvalue weighted by molar-refractivity contribution is 0.0622. The Morgan fingerprint density at radius 2 is 2.28 bits per heavy atom. The smallest absolute Gasteiger partial charge is 0.123 e. The molecule has 3 atom stereocenters. The average molecular weight is 253 g/mol. The van der Waals surface area contributed by atoms with Crippen LogP contribution in [0.1, 0.15) is 24.9 Å². The average Bonchev–Trinajstić information content (AvgIpc) is 2.77. The summed E-state index contributed by atoms with van der Waals surface area (Å²) in [6.07, 6.45) is 1.10. The van der Waals surface area contributed by atoms with Gasteiger partial charge < -0.3 is 14.8 Å². The highest BCUT2D eigenvalue weighted by Gasteiger charge is 2.33. The number of hydrogen-bond acceptors (Lipinski definition) is 3. The molecule has 2 rings (SSSR count). The van der Waals surface area contributed by atoms with Crippen molar-refractivity contribution in [1.82, 2.24) is 5.32 Å². The number of hydrogen-bond donors (Lipinski definition) is 1. The molecule has 1 aliphatic rings. The van der Waals surface area contributed by atoms with Gasteiger partial charge in [0, 0.05) is 12.2 Å². The van der Waals surface area contributed by atoms with Crippen LogP contribution in [-0.2, 0) is 4.74 Å². The van der Waals surface area contributed by atoms with Gasteiger partial charge in [0.1, 0.15) is 11.6 Å². The van der Waals surface area contributed by atoms with Gasteiger partial charge in [-0.05, 0) is 37.6 Å². The van der Waals surface area contributed by atoms with E-state index in [0.717, 1.165) is 18.6 Å². The van der Waals surface area contributed by atoms with Gasteiger partial charge in [-0.1, -0.05) is 6.92 Å². The second-order valence-electron chi connectivity index (χ2n) is 4.75. The number of rotatable bonds is 4. The minimum Gasteiger partial charge on any atom is -0.496 e. The fraction of sp³-hybridized carbons (Fsp3) is 0.571. The minimum atomic E-state index is -0.253. The van der Waals surface area contributed by atoms with Gasteiger partial charge in [0.05, 0.1) is 19.3 Å². The van der Waals surface area contributed by atoms with Crippen LogP contribution < -0.4 is 10.1 Å². The lowest BCUT2D eigenvalue weighted by atomic mass is 9.92. The molecule has 0 aromatic heterocycles. The third-order valence-electron chi connectivity index (χ3n) is 3.61. The molecule has 100 valence electrons. The largest absolute Gasteiger partial charge is 0.496 e. The van der Waals surface area contributed by atoms with Crippen molar-refractivity contribution in [3.8, 4) is 5.75 Å². The van der Waals surface area contributed by atoms with E-state index in [4.69, 9.17) is 9.47 Å². The SMILES string of the molecule is CNC(c1cc(F)ccc1OC)C1OCCC1C. The molecule has 1 fully saturated rings. The molecular weight excluding hydrogens is 233 g/mol. The molecule has 0 amide bonds. The fourth-order valence-electron chi connectivity index (χ4n) is 2.59. The van der Waals surface area contributed by atoms with Crippen molar-refractivity contribution < 1.29 is 13.9 Å². The summed E-state index contributed by atoms with van der Waals surface area (Å²) in [5, 5.41) is 3.22. The van der Waals surface area contributed by atoms with E-state index >= 15 is 0 Å². The van der Waals surface area contributed by atoms with Gasteiger partial charge >= 0.3 is 0 Å².